The fraction of sp³-hybridized carbons (Fsp3) is 0.261. The molecule has 0 spiro atoms. The van der Waals surface area contributed by atoms with Gasteiger partial charge in [0, 0.05) is 17.5 Å². The van der Waals surface area contributed by atoms with Crippen molar-refractivity contribution >= 4 is 54.7 Å². The Hall–Kier alpha value is -2.75. The molecule has 0 unspecified atom stereocenters. The summed E-state index contributed by atoms with van der Waals surface area (Å²) < 4.78 is 27.6. The standard InChI is InChI=1S/C23H23ClN4O3S2/c1-14-11-19-20(12-15(14)2)32-23(25-19)28-21(13-16(3)27-28)26-22(29)5-4-10-33(30,31)18-8-6-17(24)7-9-18/h6-9,11-13H,4-5,10H2,1-3H3,(H,26,29). The van der Waals surface area contributed by atoms with Crippen LogP contribution < -0.4 is 5.32 Å². The summed E-state index contributed by atoms with van der Waals surface area (Å²) in [4.78, 5) is 17.4. The Morgan fingerprint density at radius 2 is 1.79 bits per heavy atom. The number of rotatable bonds is 7. The second-order valence-corrected chi connectivity index (χ2v) is 11.5. The van der Waals surface area contributed by atoms with Gasteiger partial charge in [0.1, 0.15) is 5.82 Å². The Morgan fingerprint density at radius 1 is 1.09 bits per heavy atom. The van der Waals surface area contributed by atoms with Gasteiger partial charge in [-0.15, -0.1) is 0 Å². The molecule has 0 bridgehead atoms. The highest BCUT2D eigenvalue weighted by molar-refractivity contribution is 7.91. The van der Waals surface area contributed by atoms with Crippen molar-refractivity contribution in [3.63, 3.8) is 0 Å². The van der Waals surface area contributed by atoms with Gasteiger partial charge in [-0.3, -0.25) is 4.79 Å². The van der Waals surface area contributed by atoms with Crippen LogP contribution in [0, 0.1) is 20.8 Å². The van der Waals surface area contributed by atoms with Crippen LogP contribution in [0.3, 0.4) is 0 Å². The van der Waals surface area contributed by atoms with E-state index in [0.717, 1.165) is 21.5 Å². The molecule has 10 heteroatoms. The van der Waals surface area contributed by atoms with Crippen molar-refractivity contribution in [2.75, 3.05) is 11.1 Å². The number of sulfone groups is 1. The van der Waals surface area contributed by atoms with E-state index in [1.165, 1.54) is 41.2 Å². The number of benzene rings is 2. The average Bonchev–Trinajstić information content (AvgIpc) is 3.31. The highest BCUT2D eigenvalue weighted by Gasteiger charge is 2.17. The third kappa shape index (κ3) is 5.26. The number of aryl methyl sites for hydroxylation is 3. The summed E-state index contributed by atoms with van der Waals surface area (Å²) in [5.41, 5.74) is 3.98. The summed E-state index contributed by atoms with van der Waals surface area (Å²) in [7, 11) is -3.48. The van der Waals surface area contributed by atoms with Gasteiger partial charge in [-0.1, -0.05) is 22.9 Å². The molecule has 1 amide bonds. The Bertz CT molecular complexity index is 1400. The molecule has 0 saturated heterocycles. The monoisotopic (exact) mass is 502 g/mol. The molecule has 0 aliphatic carbocycles. The van der Waals surface area contributed by atoms with Crippen molar-refractivity contribution in [2.45, 2.75) is 38.5 Å². The van der Waals surface area contributed by atoms with Gasteiger partial charge in [0.2, 0.25) is 11.0 Å². The molecule has 0 radical (unpaired) electrons. The highest BCUT2D eigenvalue weighted by atomic mass is 35.5. The summed E-state index contributed by atoms with van der Waals surface area (Å²) >= 11 is 7.32. The Morgan fingerprint density at radius 3 is 2.52 bits per heavy atom. The molecule has 0 fully saturated rings. The topological polar surface area (TPSA) is 94.0 Å². The highest BCUT2D eigenvalue weighted by Crippen LogP contribution is 2.29. The van der Waals surface area contributed by atoms with Gasteiger partial charge >= 0.3 is 0 Å². The molecule has 172 valence electrons. The van der Waals surface area contributed by atoms with Crippen LogP contribution in [-0.2, 0) is 14.6 Å². The summed E-state index contributed by atoms with van der Waals surface area (Å²) in [6, 6.07) is 11.9. The number of amides is 1. The first-order valence-corrected chi connectivity index (χ1v) is 13.2. The van der Waals surface area contributed by atoms with E-state index in [1.807, 2.05) is 19.9 Å². The maximum atomic E-state index is 12.6. The van der Waals surface area contributed by atoms with Crippen LogP contribution in [0.15, 0.2) is 47.4 Å². The smallest absolute Gasteiger partial charge is 0.225 e. The van der Waals surface area contributed by atoms with Crippen molar-refractivity contribution in [1.29, 1.82) is 0 Å². The first-order chi connectivity index (χ1) is 15.6. The quantitative estimate of drug-likeness (QED) is 0.372. The van der Waals surface area contributed by atoms with E-state index in [1.54, 1.807) is 10.7 Å². The van der Waals surface area contributed by atoms with E-state index < -0.39 is 9.84 Å². The number of fused-ring (bicyclic) bond motifs is 1. The molecule has 0 atom stereocenters. The first kappa shape index (κ1) is 23.4. The second-order valence-electron chi connectivity index (χ2n) is 7.91. The third-order valence-corrected chi connectivity index (χ3v) is 8.32. The summed E-state index contributed by atoms with van der Waals surface area (Å²) in [6.45, 7) is 5.95. The van der Waals surface area contributed by atoms with Gasteiger partial charge in [0.25, 0.3) is 0 Å². The van der Waals surface area contributed by atoms with Crippen LogP contribution in [0.5, 0.6) is 0 Å². The maximum absolute atomic E-state index is 12.6. The molecular formula is C23H23ClN4O3S2. The van der Waals surface area contributed by atoms with Gasteiger partial charge in [-0.2, -0.15) is 9.78 Å². The molecule has 33 heavy (non-hydrogen) atoms. The maximum Gasteiger partial charge on any atom is 0.225 e. The zero-order valence-corrected chi connectivity index (χ0v) is 20.8. The Balaban J connectivity index is 1.44. The van der Waals surface area contributed by atoms with E-state index in [-0.39, 0.29) is 29.4 Å². The van der Waals surface area contributed by atoms with E-state index in [4.69, 9.17) is 11.6 Å². The fourth-order valence-electron chi connectivity index (χ4n) is 3.38. The van der Waals surface area contributed by atoms with Crippen LogP contribution in [0.4, 0.5) is 5.82 Å². The number of nitrogens with zero attached hydrogens (tertiary/aromatic N) is 3. The summed E-state index contributed by atoms with van der Waals surface area (Å²) in [6.07, 6.45) is 0.263. The predicted octanol–water partition coefficient (Wildman–Crippen LogP) is 5.25. The lowest BCUT2D eigenvalue weighted by Crippen LogP contribution is -2.16. The van der Waals surface area contributed by atoms with Crippen molar-refractivity contribution in [3.05, 3.63) is 64.3 Å². The number of aromatic nitrogens is 3. The van der Waals surface area contributed by atoms with Crippen molar-refractivity contribution in [1.82, 2.24) is 14.8 Å². The lowest BCUT2D eigenvalue weighted by Gasteiger charge is -2.07. The number of hydrogen-bond acceptors (Lipinski definition) is 6. The molecular weight excluding hydrogens is 480 g/mol. The Labute approximate surface area is 201 Å². The molecule has 0 saturated carbocycles. The van der Waals surface area contributed by atoms with E-state index in [0.29, 0.717) is 16.0 Å². The lowest BCUT2D eigenvalue weighted by molar-refractivity contribution is -0.116. The Kier molecular flexibility index (Phi) is 6.56. The van der Waals surface area contributed by atoms with Crippen molar-refractivity contribution < 1.29 is 13.2 Å². The molecule has 2 aromatic heterocycles. The molecule has 7 nitrogen and oxygen atoms in total. The van der Waals surface area contributed by atoms with E-state index >= 15 is 0 Å². The molecule has 0 aliphatic heterocycles. The molecule has 4 rings (SSSR count). The molecule has 0 aliphatic rings. The minimum atomic E-state index is -3.48. The predicted molar refractivity (Wildman–Crippen MR) is 132 cm³/mol. The molecule has 1 N–H and O–H groups in total. The lowest BCUT2D eigenvalue weighted by atomic mass is 10.1. The van der Waals surface area contributed by atoms with Crippen molar-refractivity contribution in [2.24, 2.45) is 0 Å². The zero-order chi connectivity index (χ0) is 23.8. The van der Waals surface area contributed by atoms with Crippen molar-refractivity contribution in [3.8, 4) is 5.13 Å². The number of hydrogen-bond donors (Lipinski definition) is 1. The number of carbonyl (C=O) groups excluding carboxylic acids is 1. The summed E-state index contributed by atoms with van der Waals surface area (Å²) in [5, 5.41) is 8.46. The molecule has 2 heterocycles. The normalized spacial score (nSPS) is 11.8. The largest absolute Gasteiger partial charge is 0.311 e. The minimum Gasteiger partial charge on any atom is -0.311 e. The van der Waals surface area contributed by atoms with Crippen LogP contribution in [-0.4, -0.2) is 34.8 Å². The minimum absolute atomic E-state index is 0.0648. The van der Waals surface area contributed by atoms with Gasteiger partial charge in [-0.05, 0) is 74.7 Å². The molecule has 4 aromatic rings. The molecule has 2 aromatic carbocycles. The SMILES string of the molecule is Cc1cc(NC(=O)CCCS(=O)(=O)c2ccc(Cl)cc2)n(-c2nc3cc(C)c(C)cc3s2)n1. The van der Waals surface area contributed by atoms with Gasteiger partial charge < -0.3 is 5.32 Å². The number of halogens is 1. The average molecular weight is 503 g/mol. The second kappa shape index (κ2) is 9.24. The van der Waals surface area contributed by atoms with Gasteiger partial charge in [0.15, 0.2) is 9.84 Å². The number of carbonyl (C=O) groups is 1. The van der Waals surface area contributed by atoms with E-state index in [2.05, 4.69) is 28.4 Å². The van der Waals surface area contributed by atoms with Crippen LogP contribution >= 0.6 is 22.9 Å². The first-order valence-electron chi connectivity index (χ1n) is 10.4. The number of thiazole rings is 1. The number of nitrogens with one attached hydrogen (secondary N) is 1. The summed E-state index contributed by atoms with van der Waals surface area (Å²) in [5.74, 6) is 0.0949. The zero-order valence-electron chi connectivity index (χ0n) is 18.4. The number of anilines is 1. The van der Waals surface area contributed by atoms with Gasteiger partial charge in [0.05, 0.1) is 26.6 Å². The third-order valence-electron chi connectivity index (χ3n) is 5.26. The van der Waals surface area contributed by atoms with E-state index in [9.17, 15) is 13.2 Å². The fourth-order valence-corrected chi connectivity index (χ4v) is 5.83. The van der Waals surface area contributed by atoms with Crippen LogP contribution in [0.25, 0.3) is 15.3 Å². The van der Waals surface area contributed by atoms with Crippen LogP contribution in [0.2, 0.25) is 5.02 Å². The van der Waals surface area contributed by atoms with Crippen LogP contribution in [0.1, 0.15) is 29.7 Å². The van der Waals surface area contributed by atoms with Gasteiger partial charge in [-0.25, -0.2) is 13.4 Å².